The lowest BCUT2D eigenvalue weighted by molar-refractivity contribution is -0.115. The number of carbonyl (C=O) groups is 1. The van der Waals surface area contributed by atoms with E-state index in [-0.39, 0.29) is 12.3 Å². The third kappa shape index (κ3) is 4.72. The molecule has 0 atom stereocenters. The molecule has 158 valence electrons. The summed E-state index contributed by atoms with van der Waals surface area (Å²) in [6, 6.07) is 10.8. The lowest BCUT2D eigenvalue weighted by Crippen LogP contribution is -2.14. The van der Waals surface area contributed by atoms with Gasteiger partial charge in [0, 0.05) is 11.4 Å². The predicted molar refractivity (Wildman–Crippen MR) is 118 cm³/mol. The fourth-order valence-corrected chi connectivity index (χ4v) is 3.69. The summed E-state index contributed by atoms with van der Waals surface area (Å²) in [4.78, 5) is 25.0. The van der Waals surface area contributed by atoms with Crippen molar-refractivity contribution in [3.8, 4) is 23.1 Å². The van der Waals surface area contributed by atoms with Crippen molar-refractivity contribution in [2.24, 2.45) is 0 Å². The highest BCUT2D eigenvalue weighted by molar-refractivity contribution is 7.13. The molecule has 1 N–H and O–H groups in total. The molecule has 31 heavy (non-hydrogen) atoms. The molecular weight excluding hydrogens is 416 g/mol. The topological polar surface area (TPSA) is 95.5 Å². The normalized spacial score (nSPS) is 10.7. The molecule has 0 aliphatic carbocycles. The molecule has 4 aromatic rings. The van der Waals surface area contributed by atoms with Crippen molar-refractivity contribution >= 4 is 33.3 Å². The molecular formula is C22H20N4O4S. The number of anilines is 1. The van der Waals surface area contributed by atoms with Crippen LogP contribution in [0.1, 0.15) is 11.3 Å². The van der Waals surface area contributed by atoms with Gasteiger partial charge in [0.05, 0.1) is 37.2 Å². The van der Waals surface area contributed by atoms with Gasteiger partial charge >= 0.3 is 0 Å². The van der Waals surface area contributed by atoms with Gasteiger partial charge in [-0.15, -0.1) is 11.3 Å². The Morgan fingerprint density at radius 1 is 1.06 bits per heavy atom. The van der Waals surface area contributed by atoms with Gasteiger partial charge in [0.25, 0.3) is 0 Å². The second-order valence-corrected chi connectivity index (χ2v) is 7.53. The van der Waals surface area contributed by atoms with Crippen LogP contribution in [-0.4, -0.2) is 35.1 Å². The van der Waals surface area contributed by atoms with Crippen molar-refractivity contribution in [3.05, 3.63) is 59.4 Å². The van der Waals surface area contributed by atoms with Crippen molar-refractivity contribution in [2.45, 2.75) is 13.3 Å². The Morgan fingerprint density at radius 2 is 1.81 bits per heavy atom. The first-order valence-electron chi connectivity index (χ1n) is 9.41. The highest BCUT2D eigenvalue weighted by Gasteiger charge is 2.13. The summed E-state index contributed by atoms with van der Waals surface area (Å²) in [7, 11) is 3.14. The summed E-state index contributed by atoms with van der Waals surface area (Å²) in [5.74, 6) is 2.01. The van der Waals surface area contributed by atoms with E-state index in [0.29, 0.717) is 39.2 Å². The molecule has 0 spiro atoms. The number of methoxy groups -OCH3 is 2. The van der Waals surface area contributed by atoms with Gasteiger partial charge in [0.1, 0.15) is 12.1 Å². The van der Waals surface area contributed by atoms with Crippen molar-refractivity contribution in [2.75, 3.05) is 19.5 Å². The summed E-state index contributed by atoms with van der Waals surface area (Å²) in [5.41, 5.74) is 2.42. The lowest BCUT2D eigenvalue weighted by atomic mass is 10.1. The third-order valence-corrected chi connectivity index (χ3v) is 5.35. The first-order valence-corrected chi connectivity index (χ1v) is 10.3. The molecule has 0 fully saturated rings. The maximum atomic E-state index is 12.2. The Labute approximate surface area is 182 Å². The molecule has 0 saturated carbocycles. The van der Waals surface area contributed by atoms with Crippen molar-refractivity contribution in [3.63, 3.8) is 0 Å². The summed E-state index contributed by atoms with van der Waals surface area (Å²) in [6.07, 6.45) is 1.68. The number of amides is 1. The van der Waals surface area contributed by atoms with Crippen LogP contribution in [0.5, 0.6) is 23.1 Å². The maximum absolute atomic E-state index is 12.2. The van der Waals surface area contributed by atoms with E-state index in [4.69, 9.17) is 14.2 Å². The van der Waals surface area contributed by atoms with Crippen LogP contribution in [-0.2, 0) is 11.2 Å². The summed E-state index contributed by atoms with van der Waals surface area (Å²) >= 11 is 1.41. The molecule has 0 bridgehead atoms. The zero-order valence-corrected chi connectivity index (χ0v) is 18.0. The number of thiazole rings is 1. The average molecular weight is 436 g/mol. The van der Waals surface area contributed by atoms with E-state index < -0.39 is 0 Å². The number of nitrogens with one attached hydrogen (secondary N) is 1. The average Bonchev–Trinajstić information content (AvgIpc) is 3.18. The molecule has 1 amide bonds. The van der Waals surface area contributed by atoms with E-state index in [1.807, 2.05) is 24.4 Å². The zero-order chi connectivity index (χ0) is 21.8. The molecule has 0 aliphatic heterocycles. The second kappa shape index (κ2) is 8.97. The van der Waals surface area contributed by atoms with E-state index in [9.17, 15) is 4.79 Å². The third-order valence-electron chi connectivity index (χ3n) is 4.47. The largest absolute Gasteiger partial charge is 0.493 e. The molecule has 0 unspecified atom stereocenters. The molecule has 0 aliphatic rings. The fraction of sp³-hybridized carbons (Fsp3) is 0.182. The standard InChI is InChI=1S/C22H20N4O4S/c1-13-11-31-22(25-13)26-20(27)8-14-4-6-15(7-5-14)30-21-16-9-18(28-2)19(29-3)10-17(16)23-12-24-21/h4-7,9-12H,8H2,1-3H3,(H,25,26,27). The highest BCUT2D eigenvalue weighted by atomic mass is 32.1. The molecule has 0 radical (unpaired) electrons. The maximum Gasteiger partial charge on any atom is 0.230 e. The number of hydrogen-bond acceptors (Lipinski definition) is 8. The van der Waals surface area contributed by atoms with Crippen LogP contribution in [0.25, 0.3) is 10.9 Å². The Kier molecular flexibility index (Phi) is 5.94. The highest BCUT2D eigenvalue weighted by Crippen LogP contribution is 2.35. The minimum Gasteiger partial charge on any atom is -0.493 e. The van der Waals surface area contributed by atoms with Crippen LogP contribution in [0.4, 0.5) is 5.13 Å². The number of carbonyl (C=O) groups excluding carboxylic acids is 1. The van der Waals surface area contributed by atoms with Crippen LogP contribution in [0.2, 0.25) is 0 Å². The van der Waals surface area contributed by atoms with Gasteiger partial charge in [-0.2, -0.15) is 0 Å². The van der Waals surface area contributed by atoms with Crippen molar-refractivity contribution < 1.29 is 19.0 Å². The number of nitrogens with zero attached hydrogens (tertiary/aromatic N) is 3. The van der Waals surface area contributed by atoms with Crippen LogP contribution in [0.3, 0.4) is 0 Å². The van der Waals surface area contributed by atoms with E-state index in [0.717, 1.165) is 11.3 Å². The van der Waals surface area contributed by atoms with Crippen LogP contribution in [0, 0.1) is 6.92 Å². The quantitative estimate of drug-likeness (QED) is 0.459. The monoisotopic (exact) mass is 436 g/mol. The minimum atomic E-state index is -0.120. The molecule has 0 saturated heterocycles. The van der Waals surface area contributed by atoms with Crippen molar-refractivity contribution in [1.29, 1.82) is 0 Å². The first kappa shape index (κ1) is 20.5. The molecule has 8 nitrogen and oxygen atoms in total. The second-order valence-electron chi connectivity index (χ2n) is 6.67. The fourth-order valence-electron chi connectivity index (χ4n) is 2.99. The van der Waals surface area contributed by atoms with E-state index in [1.165, 1.54) is 17.7 Å². The number of aryl methyl sites for hydroxylation is 1. The SMILES string of the molecule is COc1cc2ncnc(Oc3ccc(CC(=O)Nc4nc(C)cs4)cc3)c2cc1OC. The van der Waals surface area contributed by atoms with Gasteiger partial charge in [0.2, 0.25) is 11.8 Å². The Bertz CT molecular complexity index is 1220. The van der Waals surface area contributed by atoms with Crippen LogP contribution in [0.15, 0.2) is 48.1 Å². The van der Waals surface area contributed by atoms with Gasteiger partial charge in [-0.25, -0.2) is 15.0 Å². The van der Waals surface area contributed by atoms with E-state index in [2.05, 4.69) is 20.3 Å². The Morgan fingerprint density at radius 3 is 2.48 bits per heavy atom. The molecule has 9 heteroatoms. The van der Waals surface area contributed by atoms with Gasteiger partial charge in [-0.1, -0.05) is 12.1 Å². The number of hydrogen-bond donors (Lipinski definition) is 1. The van der Waals surface area contributed by atoms with Gasteiger partial charge in [-0.3, -0.25) is 4.79 Å². The minimum absolute atomic E-state index is 0.120. The van der Waals surface area contributed by atoms with Crippen LogP contribution >= 0.6 is 11.3 Å². The number of ether oxygens (including phenoxy) is 3. The lowest BCUT2D eigenvalue weighted by Gasteiger charge is -2.11. The van der Waals surface area contributed by atoms with Crippen molar-refractivity contribution in [1.82, 2.24) is 15.0 Å². The number of fused-ring (bicyclic) bond motifs is 1. The van der Waals surface area contributed by atoms with Gasteiger partial charge in [0.15, 0.2) is 16.6 Å². The smallest absolute Gasteiger partial charge is 0.230 e. The molecule has 2 heterocycles. The Hall–Kier alpha value is -3.72. The number of aromatic nitrogens is 3. The Balaban J connectivity index is 1.48. The number of benzene rings is 2. The zero-order valence-electron chi connectivity index (χ0n) is 17.2. The van der Waals surface area contributed by atoms with E-state index >= 15 is 0 Å². The molecule has 2 aromatic carbocycles. The molecule has 2 aromatic heterocycles. The first-order chi connectivity index (χ1) is 15.1. The number of rotatable bonds is 7. The van der Waals surface area contributed by atoms with Gasteiger partial charge < -0.3 is 19.5 Å². The summed E-state index contributed by atoms with van der Waals surface area (Å²) in [5, 5.41) is 6.00. The van der Waals surface area contributed by atoms with E-state index in [1.54, 1.807) is 38.5 Å². The van der Waals surface area contributed by atoms with Crippen LogP contribution < -0.4 is 19.5 Å². The summed E-state index contributed by atoms with van der Waals surface area (Å²) < 4.78 is 16.7. The molecule has 4 rings (SSSR count). The van der Waals surface area contributed by atoms with Gasteiger partial charge in [-0.05, 0) is 30.7 Å². The summed E-state index contributed by atoms with van der Waals surface area (Å²) in [6.45, 7) is 1.89. The predicted octanol–water partition coefficient (Wildman–Crippen LogP) is 4.39.